The van der Waals surface area contributed by atoms with Crippen molar-refractivity contribution in [3.63, 3.8) is 0 Å². The molecule has 1 saturated heterocycles. The summed E-state index contributed by atoms with van der Waals surface area (Å²) in [6.07, 6.45) is 2.17. The Labute approximate surface area is 164 Å². The molecule has 0 spiro atoms. The molecule has 1 aliphatic heterocycles. The molecule has 1 aliphatic rings. The first-order chi connectivity index (χ1) is 13.9. The van der Waals surface area contributed by atoms with Crippen LogP contribution in [0.4, 0.5) is 5.82 Å². The van der Waals surface area contributed by atoms with Gasteiger partial charge >= 0.3 is 5.76 Å². The fourth-order valence-corrected chi connectivity index (χ4v) is 4.79. The molecular formula is C17H17N7O4S. The Morgan fingerprint density at radius 1 is 1.24 bits per heavy atom. The van der Waals surface area contributed by atoms with Gasteiger partial charge in [0.2, 0.25) is 10.0 Å². The molecule has 1 aromatic carbocycles. The lowest BCUT2D eigenvalue weighted by Crippen LogP contribution is -2.37. The SMILES string of the molecule is Cn1c(=O)oc2ccc(S(=O)(=O)N[C@@H]3CCN(c4ccc5nncn5n4)C3)cc21. The van der Waals surface area contributed by atoms with Crippen LogP contribution < -0.4 is 15.4 Å². The van der Waals surface area contributed by atoms with Crippen molar-refractivity contribution in [3.8, 4) is 0 Å². The summed E-state index contributed by atoms with van der Waals surface area (Å²) in [5.41, 5.74) is 1.42. The van der Waals surface area contributed by atoms with E-state index in [1.54, 1.807) is 4.52 Å². The van der Waals surface area contributed by atoms with Crippen molar-refractivity contribution in [1.82, 2.24) is 29.1 Å². The number of benzene rings is 1. The number of hydrogen-bond acceptors (Lipinski definition) is 8. The van der Waals surface area contributed by atoms with Crippen LogP contribution in [0.2, 0.25) is 0 Å². The molecule has 0 aliphatic carbocycles. The van der Waals surface area contributed by atoms with E-state index in [-0.39, 0.29) is 10.9 Å². The van der Waals surface area contributed by atoms with Gasteiger partial charge in [-0.05, 0) is 36.8 Å². The number of anilines is 1. The number of hydrogen-bond donors (Lipinski definition) is 1. The smallest absolute Gasteiger partial charge is 0.408 e. The van der Waals surface area contributed by atoms with Crippen molar-refractivity contribution < 1.29 is 12.8 Å². The van der Waals surface area contributed by atoms with Gasteiger partial charge in [-0.1, -0.05) is 0 Å². The summed E-state index contributed by atoms with van der Waals surface area (Å²) in [4.78, 5) is 13.7. The zero-order valence-electron chi connectivity index (χ0n) is 15.4. The maximum absolute atomic E-state index is 12.8. The minimum Gasteiger partial charge on any atom is -0.408 e. The standard InChI is InChI=1S/C17H17N7O4S/c1-22-13-8-12(2-3-14(13)28-17(22)25)29(26,27)21-11-6-7-23(9-11)16-5-4-15-19-18-10-24(15)20-16/h2-5,8,10-11,21H,6-7,9H2,1H3/t11-/m1/s1. The third kappa shape index (κ3) is 3.06. The van der Waals surface area contributed by atoms with Crippen LogP contribution in [0.15, 0.2) is 50.8 Å². The highest BCUT2D eigenvalue weighted by atomic mass is 32.2. The normalized spacial score (nSPS) is 17.6. The second kappa shape index (κ2) is 6.39. The van der Waals surface area contributed by atoms with Crippen molar-refractivity contribution in [1.29, 1.82) is 0 Å². The largest absolute Gasteiger partial charge is 0.419 e. The van der Waals surface area contributed by atoms with Gasteiger partial charge in [-0.15, -0.1) is 15.3 Å². The molecule has 0 bridgehead atoms. The summed E-state index contributed by atoms with van der Waals surface area (Å²) < 4.78 is 36.4. The quantitative estimate of drug-likeness (QED) is 0.498. The van der Waals surface area contributed by atoms with Gasteiger partial charge in [0.15, 0.2) is 11.2 Å². The minimum absolute atomic E-state index is 0.0869. The Morgan fingerprint density at radius 3 is 2.97 bits per heavy atom. The van der Waals surface area contributed by atoms with Gasteiger partial charge in [-0.2, -0.15) is 4.52 Å². The number of nitrogens with zero attached hydrogens (tertiary/aromatic N) is 6. The zero-order chi connectivity index (χ0) is 20.2. The fraction of sp³-hybridized carbons (Fsp3) is 0.294. The van der Waals surface area contributed by atoms with Gasteiger partial charge < -0.3 is 9.32 Å². The molecule has 0 amide bonds. The molecule has 29 heavy (non-hydrogen) atoms. The molecule has 150 valence electrons. The van der Waals surface area contributed by atoms with E-state index in [0.717, 1.165) is 5.82 Å². The second-order valence-corrected chi connectivity index (χ2v) is 8.65. The monoisotopic (exact) mass is 415 g/mol. The number of rotatable bonds is 4. The highest BCUT2D eigenvalue weighted by Gasteiger charge is 2.28. The van der Waals surface area contributed by atoms with E-state index < -0.39 is 15.8 Å². The van der Waals surface area contributed by atoms with Crippen LogP contribution in [0, 0.1) is 0 Å². The van der Waals surface area contributed by atoms with E-state index in [1.165, 1.54) is 36.1 Å². The third-order valence-electron chi connectivity index (χ3n) is 5.05. The average molecular weight is 415 g/mol. The van der Waals surface area contributed by atoms with Gasteiger partial charge in [0.1, 0.15) is 12.1 Å². The number of oxazole rings is 1. The molecule has 1 fully saturated rings. The number of aromatic nitrogens is 5. The lowest BCUT2D eigenvalue weighted by atomic mass is 10.3. The molecule has 0 unspecified atom stereocenters. The van der Waals surface area contributed by atoms with Crippen molar-refractivity contribution in [2.24, 2.45) is 7.05 Å². The van der Waals surface area contributed by atoms with Gasteiger partial charge in [0.05, 0.1) is 10.4 Å². The van der Waals surface area contributed by atoms with Crippen LogP contribution in [-0.2, 0) is 17.1 Å². The number of aryl methyl sites for hydroxylation is 1. The van der Waals surface area contributed by atoms with E-state index in [2.05, 4.69) is 20.0 Å². The summed E-state index contributed by atoms with van der Waals surface area (Å²) >= 11 is 0. The third-order valence-corrected chi connectivity index (χ3v) is 6.57. The molecule has 4 heterocycles. The van der Waals surface area contributed by atoms with Crippen molar-refractivity contribution in [3.05, 3.63) is 47.2 Å². The lowest BCUT2D eigenvalue weighted by Gasteiger charge is -2.18. The molecule has 4 aromatic rings. The lowest BCUT2D eigenvalue weighted by molar-refractivity contribution is 0.528. The van der Waals surface area contributed by atoms with E-state index in [0.29, 0.717) is 36.3 Å². The second-order valence-electron chi connectivity index (χ2n) is 6.93. The van der Waals surface area contributed by atoms with Crippen LogP contribution in [0.1, 0.15) is 6.42 Å². The Kier molecular flexibility index (Phi) is 3.93. The first-order valence-electron chi connectivity index (χ1n) is 8.95. The molecule has 1 atom stereocenters. The summed E-state index contributed by atoms with van der Waals surface area (Å²) in [6, 6.07) is 7.76. The molecule has 12 heteroatoms. The summed E-state index contributed by atoms with van der Waals surface area (Å²) in [5, 5.41) is 12.2. The van der Waals surface area contributed by atoms with Crippen molar-refractivity contribution >= 4 is 32.6 Å². The topological polar surface area (TPSA) is 128 Å². The highest BCUT2D eigenvalue weighted by molar-refractivity contribution is 7.89. The van der Waals surface area contributed by atoms with Gasteiger partial charge in [0, 0.05) is 26.2 Å². The average Bonchev–Trinajstić information content (AvgIpc) is 3.41. The van der Waals surface area contributed by atoms with E-state index in [1.807, 2.05) is 17.0 Å². The number of sulfonamides is 1. The van der Waals surface area contributed by atoms with Gasteiger partial charge in [-0.25, -0.2) is 17.9 Å². The van der Waals surface area contributed by atoms with Crippen LogP contribution in [0.3, 0.4) is 0 Å². The van der Waals surface area contributed by atoms with Crippen LogP contribution >= 0.6 is 0 Å². The summed E-state index contributed by atoms with van der Waals surface area (Å²) in [6.45, 7) is 1.16. The van der Waals surface area contributed by atoms with Gasteiger partial charge in [0.25, 0.3) is 0 Å². The molecular weight excluding hydrogens is 398 g/mol. The maximum Gasteiger partial charge on any atom is 0.419 e. The van der Waals surface area contributed by atoms with E-state index in [4.69, 9.17) is 4.42 Å². The summed E-state index contributed by atoms with van der Waals surface area (Å²) in [5.74, 6) is 0.195. The van der Waals surface area contributed by atoms with E-state index >= 15 is 0 Å². The Balaban J connectivity index is 1.35. The highest BCUT2D eigenvalue weighted by Crippen LogP contribution is 2.22. The molecule has 0 saturated carbocycles. The predicted octanol–water partition coefficient (Wildman–Crippen LogP) is 0.126. The van der Waals surface area contributed by atoms with Crippen LogP contribution in [0.5, 0.6) is 0 Å². The molecule has 5 rings (SSSR count). The predicted molar refractivity (Wildman–Crippen MR) is 103 cm³/mol. The number of nitrogens with one attached hydrogen (secondary N) is 1. The van der Waals surface area contributed by atoms with Crippen LogP contribution in [0.25, 0.3) is 16.7 Å². The molecule has 11 nitrogen and oxygen atoms in total. The molecule has 0 radical (unpaired) electrons. The first-order valence-corrected chi connectivity index (χ1v) is 10.4. The van der Waals surface area contributed by atoms with Gasteiger partial charge in [-0.3, -0.25) is 4.57 Å². The molecule has 3 aromatic heterocycles. The van der Waals surface area contributed by atoms with Crippen molar-refractivity contribution in [2.75, 3.05) is 18.0 Å². The zero-order valence-corrected chi connectivity index (χ0v) is 16.2. The van der Waals surface area contributed by atoms with E-state index in [9.17, 15) is 13.2 Å². The van der Waals surface area contributed by atoms with Crippen LogP contribution in [-0.4, -0.2) is 51.9 Å². The minimum atomic E-state index is -3.75. The Morgan fingerprint density at radius 2 is 2.10 bits per heavy atom. The maximum atomic E-state index is 12.8. The Bertz CT molecular complexity index is 1390. The summed E-state index contributed by atoms with van der Waals surface area (Å²) in [7, 11) is -2.22. The molecule has 1 N–H and O–H groups in total. The first kappa shape index (κ1) is 17.8. The fourth-order valence-electron chi connectivity index (χ4n) is 3.51. The van der Waals surface area contributed by atoms with Crippen molar-refractivity contribution in [2.45, 2.75) is 17.4 Å². The Hall–Kier alpha value is -3.25. The number of fused-ring (bicyclic) bond motifs is 2.